The lowest BCUT2D eigenvalue weighted by molar-refractivity contribution is -0.117. The van der Waals surface area contributed by atoms with E-state index < -0.39 is 6.04 Å². The Hall–Kier alpha value is -1.00. The second-order valence-corrected chi connectivity index (χ2v) is 6.29. The number of thioether (sulfide) groups is 1. The Kier molecular flexibility index (Phi) is 5.69. The van der Waals surface area contributed by atoms with Crippen molar-refractivity contribution in [1.29, 1.82) is 0 Å². The lowest BCUT2D eigenvalue weighted by Crippen LogP contribution is -2.32. The Morgan fingerprint density at radius 3 is 2.61 bits per heavy atom. The molecule has 0 spiro atoms. The van der Waals surface area contributed by atoms with Crippen LogP contribution in [0.2, 0.25) is 0 Å². The van der Waals surface area contributed by atoms with E-state index in [4.69, 9.17) is 5.73 Å². The van der Waals surface area contributed by atoms with Crippen LogP contribution >= 0.6 is 11.8 Å². The van der Waals surface area contributed by atoms with Gasteiger partial charge in [0, 0.05) is 11.4 Å². The largest absolute Gasteiger partial charge is 0.324 e. The van der Waals surface area contributed by atoms with Crippen LogP contribution in [0.25, 0.3) is 0 Å². The van der Waals surface area contributed by atoms with Crippen LogP contribution in [0.3, 0.4) is 0 Å². The maximum atomic E-state index is 11.6. The van der Waals surface area contributed by atoms with Crippen LogP contribution in [0.15, 0.2) is 18.2 Å². The van der Waals surface area contributed by atoms with Gasteiger partial charge in [-0.25, -0.2) is 0 Å². The second-order valence-electron chi connectivity index (χ2n) is 4.73. The first kappa shape index (κ1) is 15.1. The van der Waals surface area contributed by atoms with E-state index >= 15 is 0 Å². The van der Waals surface area contributed by atoms with E-state index in [1.54, 1.807) is 6.92 Å². The number of amides is 1. The summed E-state index contributed by atoms with van der Waals surface area (Å²) < 4.78 is 0. The molecule has 18 heavy (non-hydrogen) atoms. The molecule has 1 aromatic rings. The smallest absolute Gasteiger partial charge is 0.241 e. The average Bonchev–Trinajstić information content (AvgIpc) is 2.29. The zero-order chi connectivity index (χ0) is 13.7. The first-order valence-electron chi connectivity index (χ1n) is 6.18. The van der Waals surface area contributed by atoms with E-state index in [0.717, 1.165) is 17.0 Å². The molecule has 3 N–H and O–H groups in total. The molecule has 1 amide bonds. The number of carbonyl (C=O) groups excluding carboxylic acids is 1. The maximum Gasteiger partial charge on any atom is 0.241 e. The Morgan fingerprint density at radius 1 is 1.39 bits per heavy atom. The van der Waals surface area contributed by atoms with Gasteiger partial charge in [-0.2, -0.15) is 11.8 Å². The number of hydrogen-bond donors (Lipinski definition) is 2. The quantitative estimate of drug-likeness (QED) is 0.861. The normalized spacial score (nSPS) is 12.6. The number of hydrogen-bond acceptors (Lipinski definition) is 3. The summed E-state index contributed by atoms with van der Waals surface area (Å²) in [6.45, 7) is 8.08. The van der Waals surface area contributed by atoms with Crippen molar-refractivity contribution in [2.45, 2.75) is 44.7 Å². The van der Waals surface area contributed by atoms with Crippen LogP contribution in [0.4, 0.5) is 5.69 Å². The standard InChI is InChI=1S/C14H22N2OS/c1-9(2)18-8-12-6-5-7-13(10(12)3)16-14(17)11(4)15/h5-7,9,11H,8,15H2,1-4H3,(H,16,17)/t11-/m1/s1. The molecule has 0 fully saturated rings. The van der Waals surface area contributed by atoms with Crippen LogP contribution in [0, 0.1) is 6.92 Å². The van der Waals surface area contributed by atoms with E-state index in [1.807, 2.05) is 30.8 Å². The highest BCUT2D eigenvalue weighted by Crippen LogP contribution is 2.24. The molecule has 0 saturated heterocycles. The van der Waals surface area contributed by atoms with Crippen LogP contribution in [-0.4, -0.2) is 17.2 Å². The molecule has 0 aliphatic heterocycles. The fourth-order valence-electron chi connectivity index (χ4n) is 1.48. The lowest BCUT2D eigenvalue weighted by Gasteiger charge is -2.14. The molecule has 0 aliphatic carbocycles. The molecule has 0 aromatic heterocycles. The summed E-state index contributed by atoms with van der Waals surface area (Å²) in [6, 6.07) is 5.50. The molecule has 0 aliphatic rings. The predicted octanol–water partition coefficient (Wildman–Crippen LogP) is 2.92. The molecule has 1 rings (SSSR count). The van der Waals surface area contributed by atoms with E-state index in [-0.39, 0.29) is 5.91 Å². The Morgan fingerprint density at radius 2 is 2.06 bits per heavy atom. The van der Waals surface area contributed by atoms with E-state index in [1.165, 1.54) is 5.56 Å². The van der Waals surface area contributed by atoms with Gasteiger partial charge in [-0.05, 0) is 36.3 Å². The summed E-state index contributed by atoms with van der Waals surface area (Å²) >= 11 is 1.90. The molecule has 1 aromatic carbocycles. The Bertz CT molecular complexity index is 416. The summed E-state index contributed by atoms with van der Waals surface area (Å²) in [5.41, 5.74) is 8.80. The molecule has 0 unspecified atom stereocenters. The molecule has 0 radical (unpaired) electrons. The minimum atomic E-state index is -0.488. The summed E-state index contributed by atoms with van der Waals surface area (Å²) in [5.74, 6) is 0.817. The number of carbonyl (C=O) groups is 1. The Labute approximate surface area is 114 Å². The molecule has 0 heterocycles. The molecule has 0 saturated carbocycles. The first-order valence-corrected chi connectivity index (χ1v) is 7.23. The molecular formula is C14H22N2OS. The number of rotatable bonds is 5. The van der Waals surface area contributed by atoms with Crippen LogP contribution in [0.1, 0.15) is 31.9 Å². The van der Waals surface area contributed by atoms with Crippen molar-refractivity contribution in [1.82, 2.24) is 0 Å². The van der Waals surface area contributed by atoms with Gasteiger partial charge in [0.15, 0.2) is 0 Å². The van der Waals surface area contributed by atoms with Gasteiger partial charge in [0.25, 0.3) is 0 Å². The molecule has 1 atom stereocenters. The van der Waals surface area contributed by atoms with Gasteiger partial charge in [-0.1, -0.05) is 26.0 Å². The maximum absolute atomic E-state index is 11.6. The SMILES string of the molecule is Cc1c(CSC(C)C)cccc1NC(=O)[C@@H](C)N. The number of anilines is 1. The Balaban J connectivity index is 2.81. The zero-order valence-electron chi connectivity index (χ0n) is 11.5. The molecular weight excluding hydrogens is 244 g/mol. The highest BCUT2D eigenvalue weighted by molar-refractivity contribution is 7.99. The van der Waals surface area contributed by atoms with Crippen molar-refractivity contribution in [3.05, 3.63) is 29.3 Å². The fourth-order valence-corrected chi connectivity index (χ4v) is 2.30. The third kappa shape index (κ3) is 4.35. The highest BCUT2D eigenvalue weighted by Gasteiger charge is 2.10. The monoisotopic (exact) mass is 266 g/mol. The van der Waals surface area contributed by atoms with Crippen molar-refractivity contribution < 1.29 is 4.79 Å². The highest BCUT2D eigenvalue weighted by atomic mass is 32.2. The number of nitrogens with two attached hydrogens (primary N) is 1. The van der Waals surface area contributed by atoms with Gasteiger partial charge in [0.1, 0.15) is 0 Å². The number of benzene rings is 1. The van der Waals surface area contributed by atoms with E-state index in [2.05, 4.69) is 25.2 Å². The van der Waals surface area contributed by atoms with Crippen molar-refractivity contribution >= 4 is 23.4 Å². The average molecular weight is 266 g/mol. The summed E-state index contributed by atoms with van der Waals surface area (Å²) in [6.07, 6.45) is 0. The molecule has 4 heteroatoms. The minimum absolute atomic E-state index is 0.147. The summed E-state index contributed by atoms with van der Waals surface area (Å²) in [5, 5.41) is 3.47. The van der Waals surface area contributed by atoms with Crippen LogP contribution < -0.4 is 11.1 Å². The topological polar surface area (TPSA) is 55.1 Å². The zero-order valence-corrected chi connectivity index (χ0v) is 12.3. The van der Waals surface area contributed by atoms with Gasteiger partial charge in [0.05, 0.1) is 6.04 Å². The van der Waals surface area contributed by atoms with Crippen molar-refractivity contribution in [3.8, 4) is 0 Å². The van der Waals surface area contributed by atoms with E-state index in [9.17, 15) is 4.79 Å². The van der Waals surface area contributed by atoms with Crippen molar-refractivity contribution in [3.63, 3.8) is 0 Å². The van der Waals surface area contributed by atoms with E-state index in [0.29, 0.717) is 5.25 Å². The third-order valence-corrected chi connectivity index (χ3v) is 3.83. The molecule has 3 nitrogen and oxygen atoms in total. The third-order valence-electron chi connectivity index (χ3n) is 2.69. The van der Waals surface area contributed by atoms with Crippen molar-refractivity contribution in [2.75, 3.05) is 5.32 Å². The van der Waals surface area contributed by atoms with Gasteiger partial charge in [-0.15, -0.1) is 0 Å². The molecule has 100 valence electrons. The van der Waals surface area contributed by atoms with Crippen LogP contribution in [-0.2, 0) is 10.5 Å². The fraction of sp³-hybridized carbons (Fsp3) is 0.500. The molecule has 0 bridgehead atoms. The second kappa shape index (κ2) is 6.81. The van der Waals surface area contributed by atoms with Gasteiger partial charge in [-0.3, -0.25) is 4.79 Å². The summed E-state index contributed by atoms with van der Waals surface area (Å²) in [4.78, 5) is 11.6. The van der Waals surface area contributed by atoms with Gasteiger partial charge < -0.3 is 11.1 Å². The van der Waals surface area contributed by atoms with Crippen molar-refractivity contribution in [2.24, 2.45) is 5.73 Å². The predicted molar refractivity (Wildman–Crippen MR) is 79.9 cm³/mol. The minimum Gasteiger partial charge on any atom is -0.324 e. The van der Waals surface area contributed by atoms with Crippen LogP contribution in [0.5, 0.6) is 0 Å². The summed E-state index contributed by atoms with van der Waals surface area (Å²) in [7, 11) is 0. The number of nitrogens with one attached hydrogen (secondary N) is 1. The van der Waals surface area contributed by atoms with Gasteiger partial charge in [0.2, 0.25) is 5.91 Å². The first-order chi connectivity index (χ1) is 8.41. The van der Waals surface area contributed by atoms with Gasteiger partial charge >= 0.3 is 0 Å². The lowest BCUT2D eigenvalue weighted by atomic mass is 10.1.